The van der Waals surface area contributed by atoms with Crippen LogP contribution in [0.3, 0.4) is 0 Å². The molecule has 1 nitrogen and oxygen atoms in total. The number of nitrogens with zero attached hydrogens (tertiary/aromatic N) is 1. The van der Waals surface area contributed by atoms with Crippen LogP contribution in [0, 0.1) is 0 Å². The predicted octanol–water partition coefficient (Wildman–Crippen LogP) is 2.96. The zero-order valence-corrected chi connectivity index (χ0v) is 8.41. The summed E-state index contributed by atoms with van der Waals surface area (Å²) in [4.78, 5) is 4.67. The number of thiocarbonyl (C=S) groups is 1. The van der Waals surface area contributed by atoms with E-state index in [2.05, 4.69) is 24.0 Å². The first-order valence-corrected chi connectivity index (χ1v) is 4.45. The van der Waals surface area contributed by atoms with E-state index in [9.17, 15) is 0 Å². The summed E-state index contributed by atoms with van der Waals surface area (Å²) in [7, 11) is 0. The highest BCUT2D eigenvalue weighted by Gasteiger charge is 1.97. The van der Waals surface area contributed by atoms with Gasteiger partial charge in [-0.1, -0.05) is 18.8 Å². The largest absolute Gasteiger partial charge is 0.301 e. The second kappa shape index (κ2) is 6.96. The van der Waals surface area contributed by atoms with Crippen LogP contribution in [0.5, 0.6) is 0 Å². The minimum absolute atomic E-state index is 0.834. The van der Waals surface area contributed by atoms with Crippen LogP contribution in [0.4, 0.5) is 0 Å². The number of hydrogen-bond acceptors (Lipinski definition) is 2. The van der Waals surface area contributed by atoms with Gasteiger partial charge in [-0.05, 0) is 32.9 Å². The molecule has 0 aromatic carbocycles. The van der Waals surface area contributed by atoms with Crippen LogP contribution < -0.4 is 0 Å². The van der Waals surface area contributed by atoms with E-state index in [-0.39, 0.29) is 0 Å². The van der Waals surface area contributed by atoms with Crippen LogP contribution in [0.1, 0.15) is 26.2 Å². The fourth-order valence-corrected chi connectivity index (χ4v) is 1.09. The molecule has 0 unspecified atom stereocenters. The Kier molecular flexibility index (Phi) is 6.54. The lowest BCUT2D eigenvalue weighted by Crippen LogP contribution is -1.93. The summed E-state index contributed by atoms with van der Waals surface area (Å²) in [6.45, 7) is 9.76. The van der Waals surface area contributed by atoms with Gasteiger partial charge >= 0.3 is 0 Å². The average molecular weight is 181 g/mol. The Labute approximate surface area is 79.9 Å². The summed E-state index contributed by atoms with van der Waals surface area (Å²) < 4.78 is 0. The SMILES string of the molecule is C=C=C(CCCCN=C)C(C)=S. The number of rotatable bonds is 6. The third-order valence-corrected chi connectivity index (χ3v) is 1.88. The zero-order valence-electron chi connectivity index (χ0n) is 7.60. The van der Waals surface area contributed by atoms with Crippen molar-refractivity contribution in [2.75, 3.05) is 6.54 Å². The second-order valence-electron chi connectivity index (χ2n) is 2.62. The van der Waals surface area contributed by atoms with Crippen molar-refractivity contribution >= 4 is 23.8 Å². The molecule has 2 heteroatoms. The number of unbranched alkanes of at least 4 members (excludes halogenated alkanes) is 1. The first-order chi connectivity index (χ1) is 5.72. The molecule has 0 saturated carbocycles. The van der Waals surface area contributed by atoms with E-state index in [4.69, 9.17) is 12.2 Å². The standard InChI is InChI=1S/C10H15NS/c1-4-10(9(2)12)7-5-6-8-11-3/h1,3,5-8H2,2H3. The minimum Gasteiger partial charge on any atom is -0.301 e. The summed E-state index contributed by atoms with van der Waals surface area (Å²) in [5.74, 6) is 0. The summed E-state index contributed by atoms with van der Waals surface area (Å²) in [5, 5.41) is 0. The molecule has 0 aliphatic heterocycles. The predicted molar refractivity (Wildman–Crippen MR) is 59.2 cm³/mol. The van der Waals surface area contributed by atoms with Crippen LogP contribution in [0.15, 0.2) is 22.9 Å². The molecule has 0 atom stereocenters. The third-order valence-electron chi connectivity index (χ3n) is 1.63. The van der Waals surface area contributed by atoms with E-state index in [1.165, 1.54) is 0 Å². The molecule has 0 amide bonds. The highest BCUT2D eigenvalue weighted by molar-refractivity contribution is 7.80. The monoisotopic (exact) mass is 181 g/mol. The Morgan fingerprint density at radius 2 is 2.17 bits per heavy atom. The van der Waals surface area contributed by atoms with Gasteiger partial charge in [0.2, 0.25) is 0 Å². The van der Waals surface area contributed by atoms with E-state index in [1.807, 2.05) is 6.92 Å². The summed E-state index contributed by atoms with van der Waals surface area (Å²) >= 11 is 5.02. The molecule has 0 N–H and O–H groups in total. The lowest BCUT2D eigenvalue weighted by Gasteiger charge is -2.00. The molecule has 0 bridgehead atoms. The van der Waals surface area contributed by atoms with Gasteiger partial charge in [-0.3, -0.25) is 0 Å². The minimum atomic E-state index is 0.834. The highest BCUT2D eigenvalue weighted by Crippen LogP contribution is 2.07. The summed E-state index contributed by atoms with van der Waals surface area (Å²) in [6, 6.07) is 0. The highest BCUT2D eigenvalue weighted by atomic mass is 32.1. The van der Waals surface area contributed by atoms with Crippen molar-refractivity contribution < 1.29 is 0 Å². The van der Waals surface area contributed by atoms with Gasteiger partial charge in [-0.25, -0.2) is 0 Å². The fourth-order valence-electron chi connectivity index (χ4n) is 0.914. The summed E-state index contributed by atoms with van der Waals surface area (Å²) in [6.07, 6.45) is 3.12. The zero-order chi connectivity index (χ0) is 9.40. The van der Waals surface area contributed by atoms with Gasteiger partial charge in [0.25, 0.3) is 0 Å². The Morgan fingerprint density at radius 1 is 1.50 bits per heavy atom. The average Bonchev–Trinajstić information content (AvgIpc) is 2.04. The third kappa shape index (κ3) is 5.00. The van der Waals surface area contributed by atoms with Crippen molar-refractivity contribution in [3.05, 3.63) is 17.9 Å². The first kappa shape index (κ1) is 11.3. The molecule has 0 saturated heterocycles. The molecule has 0 fully saturated rings. The van der Waals surface area contributed by atoms with Crippen LogP contribution >= 0.6 is 12.2 Å². The Balaban J connectivity index is 3.68. The van der Waals surface area contributed by atoms with Crippen LogP contribution in [-0.4, -0.2) is 18.1 Å². The Bertz CT molecular complexity index is 212. The molecule has 0 aliphatic rings. The van der Waals surface area contributed by atoms with E-state index < -0.39 is 0 Å². The normalized spacial score (nSPS) is 8.75. The van der Waals surface area contributed by atoms with Crippen LogP contribution in [-0.2, 0) is 0 Å². The molecule has 0 heterocycles. The fraction of sp³-hybridized carbons (Fsp3) is 0.500. The van der Waals surface area contributed by atoms with Gasteiger partial charge in [0, 0.05) is 17.0 Å². The van der Waals surface area contributed by atoms with E-state index in [0.29, 0.717) is 0 Å². The maximum Gasteiger partial charge on any atom is 0.0382 e. The Hall–Kier alpha value is -0.720. The number of hydrogen-bond donors (Lipinski definition) is 0. The van der Waals surface area contributed by atoms with Crippen molar-refractivity contribution in [2.24, 2.45) is 4.99 Å². The van der Waals surface area contributed by atoms with Gasteiger partial charge in [0.05, 0.1) is 0 Å². The molecular formula is C10H15NS. The maximum atomic E-state index is 5.02. The molecule has 0 radical (unpaired) electrons. The van der Waals surface area contributed by atoms with Crippen LogP contribution in [0.25, 0.3) is 0 Å². The lowest BCUT2D eigenvalue weighted by atomic mass is 10.1. The van der Waals surface area contributed by atoms with Crippen molar-refractivity contribution in [3.63, 3.8) is 0 Å². The molecule has 0 aliphatic carbocycles. The van der Waals surface area contributed by atoms with Crippen molar-refractivity contribution in [1.82, 2.24) is 0 Å². The van der Waals surface area contributed by atoms with Crippen molar-refractivity contribution in [3.8, 4) is 0 Å². The van der Waals surface area contributed by atoms with Gasteiger partial charge in [-0.15, -0.1) is 5.73 Å². The van der Waals surface area contributed by atoms with Crippen LogP contribution in [0.2, 0.25) is 0 Å². The molecule has 66 valence electrons. The number of aliphatic imine (C=N–C) groups is 1. The van der Waals surface area contributed by atoms with Gasteiger partial charge in [0.1, 0.15) is 0 Å². The van der Waals surface area contributed by atoms with E-state index in [1.54, 1.807) is 0 Å². The Morgan fingerprint density at radius 3 is 2.58 bits per heavy atom. The quantitative estimate of drug-likeness (QED) is 0.202. The van der Waals surface area contributed by atoms with Gasteiger partial charge in [0.15, 0.2) is 0 Å². The lowest BCUT2D eigenvalue weighted by molar-refractivity contribution is 0.754. The van der Waals surface area contributed by atoms with Gasteiger partial charge < -0.3 is 4.99 Å². The molecule has 12 heavy (non-hydrogen) atoms. The summed E-state index contributed by atoms with van der Waals surface area (Å²) in [5.41, 5.74) is 3.92. The van der Waals surface area contributed by atoms with E-state index >= 15 is 0 Å². The smallest absolute Gasteiger partial charge is 0.0382 e. The number of allylic oxidation sites excluding steroid dienone is 1. The molecular weight excluding hydrogens is 166 g/mol. The molecule has 0 aromatic heterocycles. The van der Waals surface area contributed by atoms with Crippen molar-refractivity contribution in [2.45, 2.75) is 26.2 Å². The molecule has 0 spiro atoms. The van der Waals surface area contributed by atoms with Gasteiger partial charge in [-0.2, -0.15) is 0 Å². The van der Waals surface area contributed by atoms with Crippen molar-refractivity contribution in [1.29, 1.82) is 0 Å². The van der Waals surface area contributed by atoms with E-state index in [0.717, 1.165) is 36.2 Å². The first-order valence-electron chi connectivity index (χ1n) is 4.04. The topological polar surface area (TPSA) is 12.4 Å². The maximum absolute atomic E-state index is 5.02. The second-order valence-corrected chi connectivity index (χ2v) is 3.23. The molecule has 0 rings (SSSR count). The molecule has 0 aromatic rings.